The lowest BCUT2D eigenvalue weighted by molar-refractivity contribution is 0.281. The van der Waals surface area contributed by atoms with Crippen molar-refractivity contribution in [2.45, 2.75) is 31.6 Å². The van der Waals surface area contributed by atoms with Crippen molar-refractivity contribution in [1.82, 2.24) is 13.7 Å². The van der Waals surface area contributed by atoms with Crippen molar-refractivity contribution in [3.8, 4) is 11.3 Å². The molecule has 1 aliphatic rings. The molecule has 0 bridgehead atoms. The van der Waals surface area contributed by atoms with Crippen LogP contribution in [-0.2, 0) is 10.0 Å². The fourth-order valence-corrected chi connectivity index (χ4v) is 5.27. The van der Waals surface area contributed by atoms with Crippen LogP contribution in [-0.4, -0.2) is 35.2 Å². The molecular weight excluding hydrogens is 346 g/mol. The van der Waals surface area contributed by atoms with Crippen LogP contribution in [0.1, 0.15) is 25.3 Å². The molecular formula is C20H23N3O2S. The van der Waals surface area contributed by atoms with E-state index in [-0.39, 0.29) is 0 Å². The van der Waals surface area contributed by atoms with Gasteiger partial charge in [-0.2, -0.15) is 4.31 Å². The Morgan fingerprint density at radius 1 is 1.19 bits per heavy atom. The second-order valence-corrected chi connectivity index (χ2v) is 9.12. The van der Waals surface area contributed by atoms with Gasteiger partial charge in [-0.15, -0.1) is 0 Å². The van der Waals surface area contributed by atoms with Crippen LogP contribution >= 0.6 is 0 Å². The van der Waals surface area contributed by atoms with Gasteiger partial charge in [0.1, 0.15) is 5.65 Å². The molecule has 6 heteroatoms. The molecule has 0 radical (unpaired) electrons. The minimum Gasteiger partial charge on any atom is -0.306 e. The molecule has 1 fully saturated rings. The van der Waals surface area contributed by atoms with Gasteiger partial charge in [0.25, 0.3) is 0 Å². The van der Waals surface area contributed by atoms with Crippen LogP contribution in [0, 0.1) is 12.8 Å². The maximum absolute atomic E-state index is 13.0. The number of fused-ring (bicyclic) bond motifs is 1. The molecule has 3 heterocycles. The Hall–Kier alpha value is -2.18. The summed E-state index contributed by atoms with van der Waals surface area (Å²) in [5.41, 5.74) is 3.58. The van der Waals surface area contributed by atoms with Crippen molar-refractivity contribution >= 4 is 15.7 Å². The van der Waals surface area contributed by atoms with Crippen molar-refractivity contribution < 1.29 is 8.42 Å². The molecule has 0 spiro atoms. The first-order valence-corrected chi connectivity index (χ1v) is 10.4. The van der Waals surface area contributed by atoms with Crippen molar-refractivity contribution in [3.05, 3.63) is 54.4 Å². The number of sulfonamides is 1. The van der Waals surface area contributed by atoms with Gasteiger partial charge in [-0.3, -0.25) is 0 Å². The topological polar surface area (TPSA) is 54.7 Å². The number of imidazole rings is 1. The number of benzene rings is 1. The van der Waals surface area contributed by atoms with Gasteiger partial charge >= 0.3 is 0 Å². The van der Waals surface area contributed by atoms with E-state index < -0.39 is 10.0 Å². The van der Waals surface area contributed by atoms with E-state index in [0.717, 1.165) is 35.3 Å². The molecule has 3 aromatic rings. The van der Waals surface area contributed by atoms with E-state index in [9.17, 15) is 8.42 Å². The van der Waals surface area contributed by atoms with Gasteiger partial charge in [0.05, 0.1) is 10.6 Å². The summed E-state index contributed by atoms with van der Waals surface area (Å²) in [6.45, 7) is 5.33. The van der Waals surface area contributed by atoms with Gasteiger partial charge in [-0.1, -0.05) is 25.1 Å². The van der Waals surface area contributed by atoms with Gasteiger partial charge in [-0.25, -0.2) is 13.4 Å². The summed E-state index contributed by atoms with van der Waals surface area (Å²) in [7, 11) is -3.46. The lowest BCUT2D eigenvalue weighted by Gasteiger charge is -2.30. The number of aromatic nitrogens is 2. The highest BCUT2D eigenvalue weighted by atomic mass is 32.2. The van der Waals surface area contributed by atoms with Crippen LogP contribution in [0.15, 0.2) is 53.7 Å². The lowest BCUT2D eigenvalue weighted by atomic mass is 10.0. The smallest absolute Gasteiger partial charge is 0.243 e. The van der Waals surface area contributed by atoms with Crippen LogP contribution < -0.4 is 0 Å². The zero-order chi connectivity index (χ0) is 18.3. The first-order valence-electron chi connectivity index (χ1n) is 9.00. The van der Waals surface area contributed by atoms with E-state index in [1.54, 1.807) is 22.5 Å². The molecule has 1 aromatic carbocycles. The molecule has 1 atom stereocenters. The maximum atomic E-state index is 13.0. The normalized spacial score (nSPS) is 19.1. The molecule has 1 saturated heterocycles. The van der Waals surface area contributed by atoms with E-state index in [4.69, 9.17) is 0 Å². The Bertz CT molecular complexity index is 1060. The molecule has 0 amide bonds. The second kappa shape index (κ2) is 6.52. The number of piperidine rings is 1. The molecule has 136 valence electrons. The van der Waals surface area contributed by atoms with Crippen molar-refractivity contribution in [2.75, 3.05) is 13.1 Å². The van der Waals surface area contributed by atoms with E-state index in [1.165, 1.54) is 0 Å². The van der Waals surface area contributed by atoms with Crippen LogP contribution in [0.5, 0.6) is 0 Å². The molecule has 0 aliphatic carbocycles. The summed E-state index contributed by atoms with van der Waals surface area (Å²) in [4.78, 5) is 5.03. The molecule has 4 rings (SSSR count). The highest BCUT2D eigenvalue weighted by Crippen LogP contribution is 2.27. The number of aryl methyl sites for hydroxylation is 1. The SMILES string of the molecule is Cc1cccn2cc(-c3cccc(S(=O)(=O)N4CCC[C@@H](C)C4)c3)nc12. The first-order chi connectivity index (χ1) is 12.4. The number of hydrogen-bond acceptors (Lipinski definition) is 3. The van der Waals surface area contributed by atoms with Crippen molar-refractivity contribution in [1.29, 1.82) is 0 Å². The molecule has 2 aromatic heterocycles. The molecule has 1 aliphatic heterocycles. The van der Waals surface area contributed by atoms with Crippen LogP contribution in [0.3, 0.4) is 0 Å². The van der Waals surface area contributed by atoms with Crippen LogP contribution in [0.4, 0.5) is 0 Å². The lowest BCUT2D eigenvalue weighted by Crippen LogP contribution is -2.39. The average molecular weight is 369 g/mol. The van der Waals surface area contributed by atoms with Gasteiger partial charge in [-0.05, 0) is 49.4 Å². The summed E-state index contributed by atoms with van der Waals surface area (Å²) < 4.78 is 29.7. The predicted molar refractivity (Wildman–Crippen MR) is 103 cm³/mol. The number of pyridine rings is 1. The third kappa shape index (κ3) is 3.04. The third-order valence-corrected chi connectivity index (χ3v) is 6.93. The molecule has 0 saturated carbocycles. The average Bonchev–Trinajstić information content (AvgIpc) is 3.08. The summed E-state index contributed by atoms with van der Waals surface area (Å²) in [5.74, 6) is 0.406. The zero-order valence-electron chi connectivity index (χ0n) is 15.1. The van der Waals surface area contributed by atoms with E-state index in [1.807, 2.05) is 41.9 Å². The third-order valence-electron chi connectivity index (χ3n) is 5.07. The van der Waals surface area contributed by atoms with Gasteiger partial charge in [0, 0.05) is 31.0 Å². The standard InChI is InChI=1S/C20H23N3O2S/c1-15-6-4-11-23(13-15)26(24,25)18-9-3-8-17(12-18)19-14-22-10-5-7-16(2)20(22)21-19/h3,5,7-10,12,14-15H,4,6,11,13H2,1-2H3/t15-/m1/s1. The van der Waals surface area contributed by atoms with Gasteiger partial charge in [0.2, 0.25) is 10.0 Å². The Morgan fingerprint density at radius 2 is 2.04 bits per heavy atom. The quantitative estimate of drug-likeness (QED) is 0.707. The van der Waals surface area contributed by atoms with E-state index in [2.05, 4.69) is 11.9 Å². The zero-order valence-corrected chi connectivity index (χ0v) is 15.9. The highest BCUT2D eigenvalue weighted by molar-refractivity contribution is 7.89. The molecule has 0 unspecified atom stereocenters. The fraction of sp³-hybridized carbons (Fsp3) is 0.350. The Balaban J connectivity index is 1.73. The monoisotopic (exact) mass is 369 g/mol. The maximum Gasteiger partial charge on any atom is 0.243 e. The predicted octanol–water partition coefficient (Wildman–Crippen LogP) is 3.73. The fourth-order valence-electron chi connectivity index (χ4n) is 3.62. The highest BCUT2D eigenvalue weighted by Gasteiger charge is 2.28. The molecule has 26 heavy (non-hydrogen) atoms. The Labute approximate surface area is 154 Å². The summed E-state index contributed by atoms with van der Waals surface area (Å²) >= 11 is 0. The van der Waals surface area contributed by atoms with E-state index in [0.29, 0.717) is 23.9 Å². The summed E-state index contributed by atoms with van der Waals surface area (Å²) in [6.07, 6.45) is 5.91. The molecule has 0 N–H and O–H groups in total. The molecule has 5 nitrogen and oxygen atoms in total. The van der Waals surface area contributed by atoms with Crippen LogP contribution in [0.2, 0.25) is 0 Å². The minimum absolute atomic E-state index is 0.345. The minimum atomic E-state index is -3.46. The number of rotatable bonds is 3. The van der Waals surface area contributed by atoms with E-state index >= 15 is 0 Å². The summed E-state index contributed by atoms with van der Waals surface area (Å²) in [5, 5.41) is 0. The first kappa shape index (κ1) is 17.2. The van der Waals surface area contributed by atoms with Gasteiger partial charge < -0.3 is 4.40 Å². The summed E-state index contributed by atoms with van der Waals surface area (Å²) in [6, 6.07) is 11.1. The van der Waals surface area contributed by atoms with Crippen molar-refractivity contribution in [2.24, 2.45) is 5.92 Å². The van der Waals surface area contributed by atoms with Crippen LogP contribution in [0.25, 0.3) is 16.9 Å². The van der Waals surface area contributed by atoms with Crippen molar-refractivity contribution in [3.63, 3.8) is 0 Å². The second-order valence-electron chi connectivity index (χ2n) is 7.19. The number of hydrogen-bond donors (Lipinski definition) is 0. The number of nitrogens with zero attached hydrogens (tertiary/aromatic N) is 3. The largest absolute Gasteiger partial charge is 0.306 e. The Morgan fingerprint density at radius 3 is 2.81 bits per heavy atom. The Kier molecular flexibility index (Phi) is 4.32. The van der Waals surface area contributed by atoms with Gasteiger partial charge in [0.15, 0.2) is 0 Å².